The van der Waals surface area contributed by atoms with Gasteiger partial charge in [0.1, 0.15) is 0 Å². The van der Waals surface area contributed by atoms with E-state index in [2.05, 4.69) is 0 Å². The molecule has 0 bridgehead atoms. The summed E-state index contributed by atoms with van der Waals surface area (Å²) < 4.78 is 1.11. The largest absolute Gasteiger partial charge is 0.391 e. The average molecular weight is 198 g/mol. The predicted octanol–water partition coefficient (Wildman–Crippen LogP) is 2.27. The minimum atomic E-state index is 0.0858. The van der Waals surface area contributed by atoms with Crippen molar-refractivity contribution < 1.29 is 9.90 Å². The van der Waals surface area contributed by atoms with Crippen molar-refractivity contribution in [1.82, 2.24) is 0 Å². The van der Waals surface area contributed by atoms with Gasteiger partial charge in [0.15, 0.2) is 6.29 Å². The number of aliphatic hydroxyl groups is 1. The maximum absolute atomic E-state index is 10.4. The van der Waals surface area contributed by atoms with Gasteiger partial charge in [-0.05, 0) is 12.1 Å². The minimum Gasteiger partial charge on any atom is -0.391 e. The number of hydrogen-bond acceptors (Lipinski definition) is 4. The van der Waals surface area contributed by atoms with Gasteiger partial charge in [-0.25, -0.2) is 0 Å². The second-order valence-electron chi connectivity index (χ2n) is 2.38. The van der Waals surface area contributed by atoms with Crippen molar-refractivity contribution in [2.75, 3.05) is 0 Å². The normalized spacial score (nSPS) is 10.8. The lowest BCUT2D eigenvalue weighted by Gasteiger charge is -1.81. The van der Waals surface area contributed by atoms with Crippen LogP contribution in [0.5, 0.6) is 0 Å². The van der Waals surface area contributed by atoms with Crippen LogP contribution < -0.4 is 0 Å². The van der Waals surface area contributed by atoms with E-state index in [-0.39, 0.29) is 6.61 Å². The lowest BCUT2D eigenvalue weighted by atomic mass is 10.3. The Hall–Kier alpha value is -0.710. The smallest absolute Gasteiger partial charge is 0.160 e. The van der Waals surface area contributed by atoms with Crippen molar-refractivity contribution in [3.63, 3.8) is 0 Å². The van der Waals surface area contributed by atoms with E-state index in [9.17, 15) is 4.79 Å². The molecule has 2 rings (SSSR count). The first-order chi connectivity index (χ1) is 5.83. The molecule has 0 aliphatic carbocycles. The molecule has 0 saturated carbocycles. The molecule has 1 N–H and O–H groups in total. The summed E-state index contributed by atoms with van der Waals surface area (Å²) >= 11 is 3.02. The van der Waals surface area contributed by atoms with Crippen LogP contribution in [-0.2, 0) is 6.61 Å². The van der Waals surface area contributed by atoms with Crippen molar-refractivity contribution in [2.24, 2.45) is 0 Å². The van der Waals surface area contributed by atoms with Crippen LogP contribution >= 0.6 is 22.7 Å². The number of fused-ring (bicyclic) bond motifs is 1. The first-order valence-corrected chi connectivity index (χ1v) is 5.05. The van der Waals surface area contributed by atoms with E-state index in [4.69, 9.17) is 5.11 Å². The third-order valence-corrected chi connectivity index (χ3v) is 3.86. The minimum absolute atomic E-state index is 0.0858. The summed E-state index contributed by atoms with van der Waals surface area (Å²) in [6.07, 6.45) is 0.857. The van der Waals surface area contributed by atoms with E-state index in [1.165, 1.54) is 11.3 Å². The first-order valence-electron chi connectivity index (χ1n) is 3.42. The van der Waals surface area contributed by atoms with Crippen molar-refractivity contribution in [2.45, 2.75) is 6.61 Å². The molecule has 2 aromatic heterocycles. The molecule has 2 aromatic rings. The molecule has 0 amide bonds. The van der Waals surface area contributed by atoms with Crippen LogP contribution in [0.15, 0.2) is 12.1 Å². The summed E-state index contributed by atoms with van der Waals surface area (Å²) in [4.78, 5) is 12.1. The quantitative estimate of drug-likeness (QED) is 0.751. The summed E-state index contributed by atoms with van der Waals surface area (Å²) in [6, 6.07) is 3.77. The Morgan fingerprint density at radius 2 is 2.25 bits per heavy atom. The fourth-order valence-electron chi connectivity index (χ4n) is 1.05. The van der Waals surface area contributed by atoms with Gasteiger partial charge < -0.3 is 5.11 Å². The van der Waals surface area contributed by atoms with Crippen molar-refractivity contribution in [3.8, 4) is 0 Å². The van der Waals surface area contributed by atoms with Crippen molar-refractivity contribution >= 4 is 38.4 Å². The van der Waals surface area contributed by atoms with Gasteiger partial charge in [-0.15, -0.1) is 22.7 Å². The molecule has 4 heteroatoms. The Balaban J connectivity index is 2.58. The Kier molecular flexibility index (Phi) is 1.96. The number of thiophene rings is 2. The van der Waals surface area contributed by atoms with E-state index < -0.39 is 0 Å². The van der Waals surface area contributed by atoms with Gasteiger partial charge in [-0.3, -0.25) is 4.79 Å². The second-order valence-corrected chi connectivity index (χ2v) is 4.86. The van der Waals surface area contributed by atoms with E-state index in [1.54, 1.807) is 11.3 Å². The van der Waals surface area contributed by atoms with Crippen LogP contribution in [0.25, 0.3) is 9.40 Å². The Labute approximate surface area is 77.1 Å². The molecule has 0 spiro atoms. The standard InChI is InChI=1S/C8H6O2S2/c9-3-6-1-5-2-7(4-10)12-8(5)11-6/h1-3,10H,4H2. The van der Waals surface area contributed by atoms with E-state index in [0.717, 1.165) is 25.4 Å². The maximum atomic E-state index is 10.4. The lowest BCUT2D eigenvalue weighted by Crippen LogP contribution is -1.71. The van der Waals surface area contributed by atoms with Gasteiger partial charge in [-0.1, -0.05) is 0 Å². The van der Waals surface area contributed by atoms with Crippen LogP contribution in [0.2, 0.25) is 0 Å². The highest BCUT2D eigenvalue weighted by atomic mass is 32.2. The van der Waals surface area contributed by atoms with Crippen LogP contribution in [-0.4, -0.2) is 11.4 Å². The highest BCUT2D eigenvalue weighted by Crippen LogP contribution is 2.32. The second kappa shape index (κ2) is 2.97. The first kappa shape index (κ1) is 7.91. The number of aliphatic hydroxyl groups excluding tert-OH is 1. The van der Waals surface area contributed by atoms with Crippen molar-refractivity contribution in [3.05, 3.63) is 21.9 Å². The average Bonchev–Trinajstić information content (AvgIpc) is 2.59. The fourth-order valence-corrected chi connectivity index (χ4v) is 3.23. The molecule has 62 valence electrons. The molecule has 0 aliphatic rings. The molecular formula is C8H6O2S2. The molecule has 2 heterocycles. The molecule has 12 heavy (non-hydrogen) atoms. The zero-order valence-electron chi connectivity index (χ0n) is 6.11. The van der Waals surface area contributed by atoms with Crippen LogP contribution in [0.3, 0.4) is 0 Å². The number of hydrogen-bond donors (Lipinski definition) is 1. The monoisotopic (exact) mass is 198 g/mol. The number of rotatable bonds is 2. The summed E-state index contributed by atoms with van der Waals surface area (Å²) in [5.74, 6) is 0. The SMILES string of the molecule is O=Cc1cc2cc(CO)sc2s1. The third-order valence-electron chi connectivity index (χ3n) is 1.56. The summed E-state index contributed by atoms with van der Waals surface area (Å²) in [5, 5.41) is 9.89. The zero-order chi connectivity index (χ0) is 8.55. The van der Waals surface area contributed by atoms with Crippen LogP contribution in [0, 0.1) is 0 Å². The van der Waals surface area contributed by atoms with Gasteiger partial charge in [0.2, 0.25) is 0 Å². The Morgan fingerprint density at radius 1 is 1.42 bits per heavy atom. The molecule has 0 aliphatic heterocycles. The summed E-state index contributed by atoms with van der Waals surface area (Å²) in [6.45, 7) is 0.0858. The molecular weight excluding hydrogens is 192 g/mol. The zero-order valence-corrected chi connectivity index (χ0v) is 7.74. The van der Waals surface area contributed by atoms with Crippen molar-refractivity contribution in [1.29, 1.82) is 0 Å². The third kappa shape index (κ3) is 1.18. The van der Waals surface area contributed by atoms with E-state index in [1.807, 2.05) is 12.1 Å². The molecule has 0 atom stereocenters. The topological polar surface area (TPSA) is 37.3 Å². The highest BCUT2D eigenvalue weighted by molar-refractivity contribution is 7.38. The van der Waals surface area contributed by atoms with E-state index in [0.29, 0.717) is 0 Å². The molecule has 0 fully saturated rings. The Bertz CT molecular complexity index is 382. The molecule has 0 unspecified atom stereocenters. The van der Waals surface area contributed by atoms with Crippen LogP contribution in [0.1, 0.15) is 14.5 Å². The summed E-state index contributed by atoms with van der Waals surface area (Å²) in [7, 11) is 0. The van der Waals surface area contributed by atoms with Gasteiger partial charge in [-0.2, -0.15) is 0 Å². The Morgan fingerprint density at radius 3 is 2.83 bits per heavy atom. The molecule has 0 aromatic carbocycles. The van der Waals surface area contributed by atoms with E-state index >= 15 is 0 Å². The number of aldehydes is 1. The van der Waals surface area contributed by atoms with Gasteiger partial charge in [0.25, 0.3) is 0 Å². The maximum Gasteiger partial charge on any atom is 0.160 e. The summed E-state index contributed by atoms with van der Waals surface area (Å²) in [5.41, 5.74) is 0. The van der Waals surface area contributed by atoms with Gasteiger partial charge in [0, 0.05) is 10.3 Å². The van der Waals surface area contributed by atoms with Gasteiger partial charge in [0.05, 0.1) is 15.5 Å². The molecule has 2 nitrogen and oxygen atoms in total. The number of carbonyl (C=O) groups excluding carboxylic acids is 1. The van der Waals surface area contributed by atoms with Gasteiger partial charge >= 0.3 is 0 Å². The predicted molar refractivity (Wildman–Crippen MR) is 51.0 cm³/mol. The lowest BCUT2D eigenvalue weighted by molar-refractivity contribution is 0.112. The number of carbonyl (C=O) groups is 1. The molecule has 0 saturated heterocycles. The van der Waals surface area contributed by atoms with Crippen LogP contribution in [0.4, 0.5) is 0 Å². The highest BCUT2D eigenvalue weighted by Gasteiger charge is 2.04. The molecule has 0 radical (unpaired) electrons. The fraction of sp³-hybridized carbons (Fsp3) is 0.125.